The van der Waals surface area contributed by atoms with E-state index in [0.29, 0.717) is 40.1 Å². The highest BCUT2D eigenvalue weighted by molar-refractivity contribution is 6.04. The van der Waals surface area contributed by atoms with E-state index in [1.54, 1.807) is 64.9 Å². The summed E-state index contributed by atoms with van der Waals surface area (Å²) in [5.41, 5.74) is 1.39. The average molecular weight is 443 g/mol. The maximum atomic E-state index is 12.5. The van der Waals surface area contributed by atoms with Crippen LogP contribution in [-0.4, -0.2) is 47.4 Å². The van der Waals surface area contributed by atoms with Gasteiger partial charge in [-0.3, -0.25) is 4.79 Å². The fraction of sp³-hybridized carbons (Fsp3) is 0.320. The highest BCUT2D eigenvalue weighted by atomic mass is 16.5. The van der Waals surface area contributed by atoms with Crippen molar-refractivity contribution in [1.29, 1.82) is 0 Å². The second-order valence-electron chi connectivity index (χ2n) is 6.94. The van der Waals surface area contributed by atoms with Gasteiger partial charge in [0, 0.05) is 11.6 Å². The van der Waals surface area contributed by atoms with Gasteiger partial charge in [0.05, 0.1) is 41.7 Å². The molecule has 0 aromatic heterocycles. The Kier molecular flexibility index (Phi) is 9.01. The van der Waals surface area contributed by atoms with E-state index in [1.165, 1.54) is 19.3 Å². The van der Waals surface area contributed by atoms with Crippen LogP contribution in [0.4, 0.5) is 0 Å². The Bertz CT molecular complexity index is 965. The largest absolute Gasteiger partial charge is 0.497 e. The molecule has 172 valence electrons. The molecule has 0 N–H and O–H groups in total. The molecule has 0 saturated heterocycles. The molecule has 0 radical (unpaired) electrons. The fourth-order valence-corrected chi connectivity index (χ4v) is 2.96. The standard InChI is InChI=1S/C25H30O7/c1-16(2)32-25-21(28-4)12-17(13-22(25)29-5)8-10-19(26)11-9-18-14-20(27-3)15-23(30-6)24(18)31-7/h8-16H,1-7H3/b10-8+,11-9+. The van der Waals surface area contributed by atoms with Crippen LogP contribution in [0.5, 0.6) is 34.5 Å². The van der Waals surface area contributed by atoms with Gasteiger partial charge in [-0.2, -0.15) is 0 Å². The highest BCUT2D eigenvalue weighted by Gasteiger charge is 2.15. The fourth-order valence-electron chi connectivity index (χ4n) is 2.96. The maximum Gasteiger partial charge on any atom is 0.203 e. The van der Waals surface area contributed by atoms with Crippen LogP contribution < -0.4 is 28.4 Å². The molecule has 0 unspecified atom stereocenters. The molecule has 2 aromatic rings. The number of carbonyl (C=O) groups is 1. The summed E-state index contributed by atoms with van der Waals surface area (Å²) in [6.07, 6.45) is 6.19. The van der Waals surface area contributed by atoms with Gasteiger partial charge < -0.3 is 28.4 Å². The van der Waals surface area contributed by atoms with Gasteiger partial charge >= 0.3 is 0 Å². The molecule has 32 heavy (non-hydrogen) atoms. The van der Waals surface area contributed by atoms with E-state index in [2.05, 4.69) is 0 Å². The molecule has 0 amide bonds. The van der Waals surface area contributed by atoms with Crippen LogP contribution in [0.15, 0.2) is 36.4 Å². The molecule has 0 aliphatic carbocycles. The zero-order chi connectivity index (χ0) is 23.7. The lowest BCUT2D eigenvalue weighted by atomic mass is 10.1. The molecule has 0 aliphatic heterocycles. The van der Waals surface area contributed by atoms with Crippen LogP contribution in [0.3, 0.4) is 0 Å². The number of hydrogen-bond acceptors (Lipinski definition) is 7. The lowest BCUT2D eigenvalue weighted by Gasteiger charge is -2.17. The molecule has 0 bridgehead atoms. The lowest BCUT2D eigenvalue weighted by molar-refractivity contribution is -0.110. The molecule has 0 heterocycles. The predicted molar refractivity (Wildman–Crippen MR) is 124 cm³/mol. The first-order valence-electron chi connectivity index (χ1n) is 9.99. The van der Waals surface area contributed by atoms with Crippen molar-refractivity contribution < 1.29 is 33.2 Å². The van der Waals surface area contributed by atoms with Crippen LogP contribution >= 0.6 is 0 Å². The Hall–Kier alpha value is -3.61. The van der Waals surface area contributed by atoms with E-state index < -0.39 is 0 Å². The first-order chi connectivity index (χ1) is 15.4. The first-order valence-corrected chi connectivity index (χ1v) is 9.99. The van der Waals surface area contributed by atoms with Crippen LogP contribution in [0, 0.1) is 0 Å². The third-order valence-electron chi connectivity index (χ3n) is 4.42. The Labute approximate surface area is 189 Å². The number of hydrogen-bond donors (Lipinski definition) is 0. The zero-order valence-electron chi connectivity index (χ0n) is 19.6. The summed E-state index contributed by atoms with van der Waals surface area (Å²) >= 11 is 0. The minimum atomic E-state index is -0.214. The Morgan fingerprint density at radius 1 is 0.719 bits per heavy atom. The summed E-state index contributed by atoms with van der Waals surface area (Å²) in [6, 6.07) is 7.04. The molecular formula is C25H30O7. The molecule has 0 fully saturated rings. The molecule has 2 aromatic carbocycles. The number of ether oxygens (including phenoxy) is 6. The van der Waals surface area contributed by atoms with Crippen molar-refractivity contribution in [1.82, 2.24) is 0 Å². The van der Waals surface area contributed by atoms with Crippen molar-refractivity contribution in [2.24, 2.45) is 0 Å². The SMILES string of the molecule is COc1cc(/C=C/C(=O)/C=C/c2cc(OC)c(OC(C)C)c(OC)c2)c(OC)c(OC)c1. The molecule has 2 rings (SSSR count). The number of ketones is 1. The summed E-state index contributed by atoms with van der Waals surface area (Å²) < 4.78 is 32.7. The number of carbonyl (C=O) groups excluding carboxylic acids is 1. The van der Waals surface area contributed by atoms with Crippen molar-refractivity contribution in [2.75, 3.05) is 35.5 Å². The Balaban J connectivity index is 2.28. The summed E-state index contributed by atoms with van der Waals surface area (Å²) in [5.74, 6) is 2.96. The van der Waals surface area contributed by atoms with E-state index in [-0.39, 0.29) is 11.9 Å². The summed E-state index contributed by atoms with van der Waals surface area (Å²) in [4.78, 5) is 12.5. The molecule has 0 atom stereocenters. The van der Waals surface area contributed by atoms with Crippen molar-refractivity contribution >= 4 is 17.9 Å². The topological polar surface area (TPSA) is 72.5 Å². The van der Waals surface area contributed by atoms with E-state index in [0.717, 1.165) is 5.56 Å². The third-order valence-corrected chi connectivity index (χ3v) is 4.42. The predicted octanol–water partition coefficient (Wildman–Crippen LogP) is 4.81. The Morgan fingerprint density at radius 3 is 1.78 bits per heavy atom. The first kappa shape index (κ1) is 24.7. The third kappa shape index (κ3) is 6.20. The zero-order valence-corrected chi connectivity index (χ0v) is 19.6. The van der Waals surface area contributed by atoms with Gasteiger partial charge in [0.1, 0.15) is 5.75 Å². The number of methoxy groups -OCH3 is 5. The van der Waals surface area contributed by atoms with Crippen molar-refractivity contribution in [2.45, 2.75) is 20.0 Å². The van der Waals surface area contributed by atoms with Gasteiger partial charge in [0.25, 0.3) is 0 Å². The quantitative estimate of drug-likeness (QED) is 0.462. The second-order valence-corrected chi connectivity index (χ2v) is 6.94. The summed E-state index contributed by atoms with van der Waals surface area (Å²) in [6.45, 7) is 3.84. The molecule has 0 saturated carbocycles. The van der Waals surface area contributed by atoms with Gasteiger partial charge in [-0.15, -0.1) is 0 Å². The van der Waals surface area contributed by atoms with Gasteiger partial charge in [-0.1, -0.05) is 6.08 Å². The Morgan fingerprint density at radius 2 is 1.28 bits per heavy atom. The van der Waals surface area contributed by atoms with Crippen molar-refractivity contribution in [3.8, 4) is 34.5 Å². The number of allylic oxidation sites excluding steroid dienone is 2. The minimum Gasteiger partial charge on any atom is -0.497 e. The molecule has 0 spiro atoms. The van der Waals surface area contributed by atoms with E-state index in [9.17, 15) is 4.79 Å². The van der Waals surface area contributed by atoms with E-state index in [1.807, 2.05) is 13.8 Å². The van der Waals surface area contributed by atoms with Crippen molar-refractivity contribution in [3.05, 3.63) is 47.5 Å². The molecule has 0 aliphatic rings. The number of benzene rings is 2. The van der Waals surface area contributed by atoms with Gasteiger partial charge in [-0.05, 0) is 55.8 Å². The van der Waals surface area contributed by atoms with Gasteiger partial charge in [0.2, 0.25) is 5.75 Å². The summed E-state index contributed by atoms with van der Waals surface area (Å²) in [7, 11) is 7.75. The second kappa shape index (κ2) is 11.7. The highest BCUT2D eigenvalue weighted by Crippen LogP contribution is 2.39. The van der Waals surface area contributed by atoms with Crippen LogP contribution in [0.25, 0.3) is 12.2 Å². The minimum absolute atomic E-state index is 0.0434. The normalized spacial score (nSPS) is 11.1. The molecule has 7 nitrogen and oxygen atoms in total. The number of rotatable bonds is 11. The van der Waals surface area contributed by atoms with Crippen molar-refractivity contribution in [3.63, 3.8) is 0 Å². The van der Waals surface area contributed by atoms with E-state index >= 15 is 0 Å². The van der Waals surface area contributed by atoms with Crippen LogP contribution in [-0.2, 0) is 4.79 Å². The van der Waals surface area contributed by atoms with Crippen LogP contribution in [0.1, 0.15) is 25.0 Å². The molecule has 7 heteroatoms. The van der Waals surface area contributed by atoms with Crippen LogP contribution in [0.2, 0.25) is 0 Å². The monoisotopic (exact) mass is 442 g/mol. The van der Waals surface area contributed by atoms with Gasteiger partial charge in [-0.25, -0.2) is 0 Å². The smallest absolute Gasteiger partial charge is 0.203 e. The average Bonchev–Trinajstić information content (AvgIpc) is 2.80. The summed E-state index contributed by atoms with van der Waals surface area (Å²) in [5, 5.41) is 0. The lowest BCUT2D eigenvalue weighted by Crippen LogP contribution is -2.08. The molecular weight excluding hydrogens is 412 g/mol. The van der Waals surface area contributed by atoms with Gasteiger partial charge in [0.15, 0.2) is 28.8 Å². The maximum absolute atomic E-state index is 12.5. The van der Waals surface area contributed by atoms with E-state index in [4.69, 9.17) is 28.4 Å².